The Labute approximate surface area is 125 Å². The highest BCUT2D eigenvalue weighted by atomic mass is 32.2. The maximum atomic E-state index is 12.3. The molecule has 0 bridgehead atoms. The van der Waals surface area contributed by atoms with Crippen molar-refractivity contribution in [3.05, 3.63) is 35.4 Å². The number of allylic oxidation sites excluding steroid dienone is 1. The van der Waals surface area contributed by atoms with Crippen molar-refractivity contribution >= 4 is 28.8 Å². The van der Waals surface area contributed by atoms with E-state index in [1.807, 2.05) is 0 Å². The van der Waals surface area contributed by atoms with Gasteiger partial charge in [-0.1, -0.05) is 11.8 Å². The highest BCUT2D eigenvalue weighted by Gasteiger charge is 2.40. The van der Waals surface area contributed by atoms with Crippen LogP contribution in [-0.2, 0) is 14.3 Å². The summed E-state index contributed by atoms with van der Waals surface area (Å²) < 4.78 is 10.5. The zero-order valence-corrected chi connectivity index (χ0v) is 12.5. The highest BCUT2D eigenvalue weighted by Crippen LogP contribution is 2.39. The quantitative estimate of drug-likeness (QED) is 0.800. The van der Waals surface area contributed by atoms with Gasteiger partial charge in [-0.15, -0.1) is 0 Å². The summed E-state index contributed by atoms with van der Waals surface area (Å²) in [4.78, 5) is 30.2. The number of rotatable bonds is 3. The Morgan fingerprint density at radius 3 is 3.10 bits per heavy atom. The van der Waals surface area contributed by atoms with Gasteiger partial charge < -0.3 is 9.15 Å². The normalized spacial score (nSPS) is 21.4. The van der Waals surface area contributed by atoms with Crippen LogP contribution in [-0.4, -0.2) is 34.3 Å². The Balaban J connectivity index is 2.09. The predicted molar refractivity (Wildman–Crippen MR) is 77.5 cm³/mol. The fourth-order valence-corrected chi connectivity index (χ4v) is 3.33. The summed E-state index contributed by atoms with van der Waals surface area (Å²) in [7, 11) is 0. The molecule has 0 aliphatic carbocycles. The van der Waals surface area contributed by atoms with Crippen LogP contribution in [0.2, 0.25) is 0 Å². The molecule has 110 valence electrons. The topological polar surface area (TPSA) is 72.1 Å². The Hall–Kier alpha value is -2.02. The smallest absolute Gasteiger partial charge is 0.338 e. The third-order valence-electron chi connectivity index (χ3n) is 3.31. The van der Waals surface area contributed by atoms with Crippen molar-refractivity contribution in [2.75, 3.05) is 12.4 Å². The number of carbonyl (C=O) groups is 2. The molecular weight excluding hydrogens is 292 g/mol. The molecule has 2 aliphatic rings. The molecule has 1 aromatic heterocycles. The lowest BCUT2D eigenvalue weighted by atomic mass is 10.0. The number of aliphatic imine (C=N–C) groups is 1. The Kier molecular flexibility index (Phi) is 3.59. The van der Waals surface area contributed by atoms with E-state index >= 15 is 0 Å². The first-order valence-corrected chi connectivity index (χ1v) is 7.57. The van der Waals surface area contributed by atoms with E-state index in [-0.39, 0.29) is 12.5 Å². The SMILES string of the molecule is CCOC(=O)C1=C(C)N2C(=O)CSC2=N[C@@H]1c1ccco1. The molecule has 1 saturated heterocycles. The van der Waals surface area contributed by atoms with Crippen molar-refractivity contribution in [1.29, 1.82) is 0 Å². The minimum Gasteiger partial charge on any atom is -0.467 e. The third-order valence-corrected chi connectivity index (χ3v) is 4.25. The summed E-state index contributed by atoms with van der Waals surface area (Å²) in [5.74, 6) is 0.348. The van der Waals surface area contributed by atoms with Gasteiger partial charge in [0, 0.05) is 5.70 Å². The monoisotopic (exact) mass is 306 g/mol. The molecule has 1 fully saturated rings. The molecule has 0 N–H and O–H groups in total. The van der Waals surface area contributed by atoms with Crippen molar-refractivity contribution in [3.63, 3.8) is 0 Å². The van der Waals surface area contributed by atoms with E-state index in [1.165, 1.54) is 22.9 Å². The fraction of sp³-hybridized carbons (Fsp3) is 0.357. The number of furan rings is 1. The van der Waals surface area contributed by atoms with Crippen molar-refractivity contribution in [1.82, 2.24) is 4.90 Å². The van der Waals surface area contributed by atoms with Crippen LogP contribution in [0, 0.1) is 0 Å². The lowest BCUT2D eigenvalue weighted by Gasteiger charge is -2.27. The lowest BCUT2D eigenvalue weighted by Crippen LogP contribution is -2.35. The maximum absolute atomic E-state index is 12.3. The van der Waals surface area contributed by atoms with Crippen molar-refractivity contribution in [3.8, 4) is 0 Å². The van der Waals surface area contributed by atoms with E-state index < -0.39 is 12.0 Å². The van der Waals surface area contributed by atoms with E-state index in [1.54, 1.807) is 26.0 Å². The van der Waals surface area contributed by atoms with Crippen LogP contribution in [0.4, 0.5) is 0 Å². The van der Waals surface area contributed by atoms with Gasteiger partial charge in [-0.2, -0.15) is 0 Å². The number of carbonyl (C=O) groups excluding carboxylic acids is 2. The summed E-state index contributed by atoms with van der Waals surface area (Å²) in [5.41, 5.74) is 0.918. The second kappa shape index (κ2) is 5.40. The lowest BCUT2D eigenvalue weighted by molar-refractivity contribution is -0.139. The summed E-state index contributed by atoms with van der Waals surface area (Å²) >= 11 is 1.36. The zero-order chi connectivity index (χ0) is 15.0. The van der Waals surface area contributed by atoms with Gasteiger partial charge in [0.15, 0.2) is 5.17 Å². The molecule has 6 nitrogen and oxygen atoms in total. The summed E-state index contributed by atoms with van der Waals surface area (Å²) in [6, 6.07) is 2.94. The number of hydrogen-bond acceptors (Lipinski definition) is 6. The number of ether oxygens (including phenoxy) is 1. The standard InChI is InChI=1S/C14H14N2O4S/c1-3-19-13(18)11-8(2)16-10(17)7-21-14(16)15-12(11)9-5-4-6-20-9/h4-6,12H,3,7H2,1-2H3/t12-/m1/s1. The summed E-state index contributed by atoms with van der Waals surface area (Å²) in [6.07, 6.45) is 1.53. The van der Waals surface area contributed by atoms with Gasteiger partial charge in [0.05, 0.1) is 24.2 Å². The van der Waals surface area contributed by atoms with Crippen molar-refractivity contribution < 1.29 is 18.7 Å². The van der Waals surface area contributed by atoms with Gasteiger partial charge in [0.2, 0.25) is 5.91 Å². The molecule has 1 aromatic rings. The van der Waals surface area contributed by atoms with Crippen LogP contribution in [0.15, 0.2) is 39.1 Å². The average molecular weight is 306 g/mol. The number of hydrogen-bond donors (Lipinski definition) is 0. The van der Waals surface area contributed by atoms with E-state index in [0.29, 0.717) is 28.0 Å². The van der Waals surface area contributed by atoms with Crippen LogP contribution < -0.4 is 0 Å². The van der Waals surface area contributed by atoms with Crippen molar-refractivity contribution in [2.24, 2.45) is 4.99 Å². The minimum atomic E-state index is -0.566. The number of amides is 1. The van der Waals surface area contributed by atoms with Crippen LogP contribution in [0.5, 0.6) is 0 Å². The largest absolute Gasteiger partial charge is 0.467 e. The minimum absolute atomic E-state index is 0.0732. The number of esters is 1. The maximum Gasteiger partial charge on any atom is 0.338 e. The van der Waals surface area contributed by atoms with E-state index in [4.69, 9.17) is 9.15 Å². The second-order valence-electron chi connectivity index (χ2n) is 4.57. The predicted octanol–water partition coefficient (Wildman–Crippen LogP) is 2.10. The Bertz CT molecular complexity index is 648. The second-order valence-corrected chi connectivity index (χ2v) is 5.51. The molecule has 1 atom stereocenters. The van der Waals surface area contributed by atoms with E-state index in [9.17, 15) is 9.59 Å². The zero-order valence-electron chi connectivity index (χ0n) is 11.7. The first-order valence-electron chi connectivity index (χ1n) is 6.58. The number of fused-ring (bicyclic) bond motifs is 1. The van der Waals surface area contributed by atoms with Gasteiger partial charge in [-0.3, -0.25) is 9.69 Å². The molecule has 3 rings (SSSR count). The first kappa shape index (κ1) is 13.9. The molecule has 0 saturated carbocycles. The molecule has 0 unspecified atom stereocenters. The Morgan fingerprint density at radius 1 is 1.62 bits per heavy atom. The summed E-state index contributed by atoms with van der Waals surface area (Å²) in [6.45, 7) is 3.74. The summed E-state index contributed by atoms with van der Waals surface area (Å²) in [5, 5.41) is 0.604. The molecule has 0 radical (unpaired) electrons. The van der Waals surface area contributed by atoms with Crippen LogP contribution in [0.1, 0.15) is 25.6 Å². The van der Waals surface area contributed by atoms with Gasteiger partial charge >= 0.3 is 5.97 Å². The number of amidine groups is 1. The number of nitrogens with zero attached hydrogens (tertiary/aromatic N) is 2. The van der Waals surface area contributed by atoms with Gasteiger partial charge in [0.1, 0.15) is 11.8 Å². The van der Waals surface area contributed by atoms with Crippen LogP contribution in [0.3, 0.4) is 0 Å². The molecule has 0 spiro atoms. The van der Waals surface area contributed by atoms with Crippen LogP contribution in [0.25, 0.3) is 0 Å². The molecule has 3 heterocycles. The van der Waals surface area contributed by atoms with E-state index in [2.05, 4.69) is 4.99 Å². The molecule has 21 heavy (non-hydrogen) atoms. The third kappa shape index (κ3) is 2.27. The van der Waals surface area contributed by atoms with Crippen LogP contribution >= 0.6 is 11.8 Å². The Morgan fingerprint density at radius 2 is 2.43 bits per heavy atom. The van der Waals surface area contributed by atoms with Crippen molar-refractivity contribution in [2.45, 2.75) is 19.9 Å². The molecule has 1 amide bonds. The highest BCUT2D eigenvalue weighted by molar-refractivity contribution is 8.15. The van der Waals surface area contributed by atoms with E-state index in [0.717, 1.165) is 0 Å². The molecular formula is C14H14N2O4S. The molecule has 7 heteroatoms. The van der Waals surface area contributed by atoms with Gasteiger partial charge in [-0.25, -0.2) is 9.79 Å². The van der Waals surface area contributed by atoms with Gasteiger partial charge in [-0.05, 0) is 26.0 Å². The molecule has 0 aromatic carbocycles. The van der Waals surface area contributed by atoms with Gasteiger partial charge in [0.25, 0.3) is 0 Å². The average Bonchev–Trinajstić information content (AvgIpc) is 3.08. The number of thioether (sulfide) groups is 1. The molecule has 2 aliphatic heterocycles. The first-order chi connectivity index (χ1) is 10.1. The fourth-order valence-electron chi connectivity index (χ4n) is 2.40.